The van der Waals surface area contributed by atoms with E-state index >= 15 is 0 Å². The van der Waals surface area contributed by atoms with Gasteiger partial charge in [-0.2, -0.15) is 0 Å². The van der Waals surface area contributed by atoms with Gasteiger partial charge in [-0.05, 0) is 86.8 Å². The molecule has 0 aliphatic carbocycles. The number of carbonyl (C=O) groups is 12. The van der Waals surface area contributed by atoms with Crippen molar-refractivity contribution in [3.63, 3.8) is 0 Å². The number of carbonyl (C=O) groups excluding carboxylic acids is 11. The Kier molecular flexibility index (Phi) is 31.1. The van der Waals surface area contributed by atoms with Crippen LogP contribution in [-0.2, 0) is 70.4 Å². The fourth-order valence-electron chi connectivity index (χ4n) is 8.62. The van der Waals surface area contributed by atoms with Crippen molar-refractivity contribution < 1.29 is 72.9 Å². The molecule has 2 aromatic carbocycles. The molecule has 0 aromatic heterocycles. The summed E-state index contributed by atoms with van der Waals surface area (Å²) in [6.07, 6.45) is 1.77. The molecule has 490 valence electrons. The lowest BCUT2D eigenvalue weighted by atomic mass is 9.97. The van der Waals surface area contributed by atoms with E-state index < -0.39 is 152 Å². The highest BCUT2D eigenvalue weighted by atomic mass is 16.4. The van der Waals surface area contributed by atoms with Crippen LogP contribution in [0.4, 0.5) is 0 Å². The number of nitrogens with one attached hydrogen (secondary N) is 10. The van der Waals surface area contributed by atoms with Crippen LogP contribution >= 0.6 is 0 Å². The fourth-order valence-corrected chi connectivity index (χ4v) is 8.62. The molecule has 0 radical (unpaired) electrons. The highest BCUT2D eigenvalue weighted by molar-refractivity contribution is 5.97. The molecule has 1 saturated heterocycles. The summed E-state index contributed by atoms with van der Waals surface area (Å²) in [6, 6.07) is 2.90. The normalized spacial score (nSPS) is 15.1. The van der Waals surface area contributed by atoms with Crippen molar-refractivity contribution in [3.05, 3.63) is 59.7 Å². The Hall–Kier alpha value is -9.82. The first-order chi connectivity index (χ1) is 42.1. The van der Waals surface area contributed by atoms with E-state index in [4.69, 9.17) is 28.0 Å². The zero-order chi connectivity index (χ0) is 66.3. The van der Waals surface area contributed by atoms with Gasteiger partial charge in [0.25, 0.3) is 0 Å². The molecular formula is C56H86N18O15. The number of rotatable bonds is 36. The van der Waals surface area contributed by atoms with Crippen LogP contribution in [0.15, 0.2) is 58.5 Å². The molecule has 21 N–H and O–H groups in total. The lowest BCUT2D eigenvalue weighted by molar-refractivity contribution is -0.141. The molecule has 11 amide bonds. The molecule has 8 atom stereocenters. The Bertz CT molecular complexity index is 2830. The first kappa shape index (κ1) is 73.4. The number of hydrogen-bond donors (Lipinski definition) is 17. The summed E-state index contributed by atoms with van der Waals surface area (Å²) >= 11 is 0. The largest absolute Gasteiger partial charge is 0.508 e. The molecule has 33 nitrogen and oxygen atoms in total. The Morgan fingerprint density at radius 2 is 1.06 bits per heavy atom. The van der Waals surface area contributed by atoms with Crippen LogP contribution in [0.1, 0.15) is 76.8 Å². The Morgan fingerprint density at radius 3 is 1.57 bits per heavy atom. The second-order valence-corrected chi connectivity index (χ2v) is 21.3. The topological polar surface area (TPSA) is 521 Å². The molecule has 3 rings (SSSR count). The molecule has 2 aromatic rings. The van der Waals surface area contributed by atoms with Gasteiger partial charge in [-0.15, -0.1) is 0 Å². The van der Waals surface area contributed by atoms with E-state index in [1.165, 1.54) is 60.4 Å². The second kappa shape index (κ2) is 37.7. The lowest BCUT2D eigenvalue weighted by Crippen LogP contribution is -2.57. The van der Waals surface area contributed by atoms with Crippen LogP contribution in [0.3, 0.4) is 0 Å². The number of aromatic hydroxyl groups is 2. The van der Waals surface area contributed by atoms with Crippen LogP contribution in [0.25, 0.3) is 0 Å². The minimum absolute atomic E-state index is 0.0395. The number of nitrogens with zero attached hydrogens (tertiary/aromatic N) is 4. The van der Waals surface area contributed by atoms with Gasteiger partial charge < -0.3 is 101 Å². The van der Waals surface area contributed by atoms with E-state index in [1.807, 2.05) is 0 Å². The van der Waals surface area contributed by atoms with E-state index in [0.717, 1.165) is 0 Å². The monoisotopic (exact) mass is 1250 g/mol. The summed E-state index contributed by atoms with van der Waals surface area (Å²) in [5.74, 6) is -10.5. The third-order valence-electron chi connectivity index (χ3n) is 13.9. The molecule has 0 unspecified atom stereocenters. The van der Waals surface area contributed by atoms with Gasteiger partial charge in [-0.25, -0.2) is 0 Å². The Labute approximate surface area is 514 Å². The number of benzene rings is 2. The fraction of sp³-hybridized carbons (Fsp3) is 0.536. The van der Waals surface area contributed by atoms with Gasteiger partial charge in [-0.1, -0.05) is 44.5 Å². The molecule has 0 bridgehead atoms. The highest BCUT2D eigenvalue weighted by Gasteiger charge is 2.38. The van der Waals surface area contributed by atoms with Crippen molar-refractivity contribution in [2.45, 2.75) is 121 Å². The summed E-state index contributed by atoms with van der Waals surface area (Å²) in [5, 5.41) is 53.2. The molecule has 1 aliphatic rings. The number of carboxylic acids is 1. The van der Waals surface area contributed by atoms with Crippen molar-refractivity contribution in [1.82, 2.24) is 63.0 Å². The van der Waals surface area contributed by atoms with Crippen molar-refractivity contribution in [2.75, 3.05) is 66.5 Å². The van der Waals surface area contributed by atoms with Crippen LogP contribution < -0.4 is 76.1 Å². The predicted octanol–water partition coefficient (Wildman–Crippen LogP) is -5.93. The third-order valence-corrected chi connectivity index (χ3v) is 13.9. The number of amides is 11. The summed E-state index contributed by atoms with van der Waals surface area (Å²) < 4.78 is 0. The SMILES string of the molecule is CC[C@H](C)[C@H](NC(=O)[C@@H]1CCCN1C(=O)[C@@H](N)CCCN=C(N)N)C(=O)NCC(=O)NCC(=O)N[C@@H](CCCN=C(N)N(C)C)C(=O)NCC(=O)NCC(=O)N[C@@H](Cc1ccc(O)cc1)C(=O)N[C@@H](Cc1ccc(O)cc1)C(=O)NCC(=O)N[C@@H](C)C(=O)O. The maximum absolute atomic E-state index is 14.0. The molecular weight excluding hydrogens is 1160 g/mol. The molecule has 1 aliphatic heterocycles. The number of carboxylic acid groups (broad SMARTS) is 1. The number of aliphatic carboxylic acids is 1. The summed E-state index contributed by atoms with van der Waals surface area (Å²) in [5.41, 5.74) is 23.7. The van der Waals surface area contributed by atoms with Gasteiger partial charge in [-0.3, -0.25) is 67.5 Å². The lowest BCUT2D eigenvalue weighted by Gasteiger charge is -2.29. The predicted molar refractivity (Wildman–Crippen MR) is 323 cm³/mol. The molecule has 33 heteroatoms. The number of hydrogen-bond acceptors (Lipinski definition) is 17. The Balaban J connectivity index is 1.63. The standard InChI is InChI=1S/C56H86N18O15/c1-6-31(2)47(72-51(85)41-12-9-23-74(41)53(87)37(57)10-7-21-61-55(58)59)52(86)67-27-43(78)63-28-45(80)69-38(11-8-22-62-56(60)73(4)5)48(82)65-26-42(77)64-29-46(81)70-40(25-34-15-19-36(76)20-16-34)50(84)71-39(24-33-13-17-35(75)18-14-33)49(83)66-30-44(79)68-32(3)54(88)89/h13-20,31-32,37-41,47,75-76H,6-12,21-30,57H2,1-5H3,(H2,60,62)(H,63,78)(H,64,77)(H,65,82)(H,66,83)(H,67,86)(H,68,79)(H,69,80)(H,70,81)(H,71,84)(H,72,85)(H,88,89)(H4,58,59,61)/t31-,32-,37-,38-,39-,40-,41-,47-/m0/s1. The Morgan fingerprint density at radius 1 is 0.596 bits per heavy atom. The van der Waals surface area contributed by atoms with Crippen LogP contribution in [-0.4, -0.2) is 217 Å². The van der Waals surface area contributed by atoms with Crippen molar-refractivity contribution in [1.29, 1.82) is 0 Å². The number of aliphatic imine (C=N–C) groups is 2. The van der Waals surface area contributed by atoms with E-state index in [2.05, 4.69) is 63.2 Å². The highest BCUT2D eigenvalue weighted by Crippen LogP contribution is 2.21. The molecule has 1 fully saturated rings. The van der Waals surface area contributed by atoms with E-state index in [1.54, 1.807) is 32.8 Å². The van der Waals surface area contributed by atoms with E-state index in [9.17, 15) is 67.7 Å². The minimum atomic E-state index is -1.44. The zero-order valence-corrected chi connectivity index (χ0v) is 50.6. The number of phenols is 2. The second-order valence-electron chi connectivity index (χ2n) is 21.3. The first-order valence-electron chi connectivity index (χ1n) is 28.8. The van der Waals surface area contributed by atoms with E-state index in [0.29, 0.717) is 36.8 Å². The third kappa shape index (κ3) is 27.2. The maximum atomic E-state index is 14.0. The average Bonchev–Trinajstić information content (AvgIpc) is 2.42. The van der Waals surface area contributed by atoms with Gasteiger partial charge in [0.15, 0.2) is 11.9 Å². The molecule has 0 saturated carbocycles. The zero-order valence-electron chi connectivity index (χ0n) is 50.6. The summed E-state index contributed by atoms with van der Waals surface area (Å²) in [7, 11) is 3.33. The molecule has 1 heterocycles. The van der Waals surface area contributed by atoms with E-state index in [-0.39, 0.29) is 75.2 Å². The van der Waals surface area contributed by atoms with Gasteiger partial charge in [0.2, 0.25) is 65.0 Å². The number of guanidine groups is 2. The van der Waals surface area contributed by atoms with Crippen LogP contribution in [0.2, 0.25) is 0 Å². The number of likely N-dealkylation sites (tertiary alicyclic amines) is 1. The smallest absolute Gasteiger partial charge is 0.325 e. The van der Waals surface area contributed by atoms with Crippen molar-refractivity contribution in [3.8, 4) is 11.5 Å². The quantitative estimate of drug-likeness (QED) is 0.0172. The van der Waals surface area contributed by atoms with Crippen LogP contribution in [0.5, 0.6) is 11.5 Å². The van der Waals surface area contributed by atoms with Gasteiger partial charge in [0, 0.05) is 46.6 Å². The number of nitrogens with two attached hydrogens (primary N) is 4. The van der Waals surface area contributed by atoms with Crippen LogP contribution in [0, 0.1) is 5.92 Å². The molecule has 89 heavy (non-hydrogen) atoms. The number of phenolic OH excluding ortho intramolecular Hbond substituents is 2. The summed E-state index contributed by atoms with van der Waals surface area (Å²) in [6.45, 7) is 2.00. The molecule has 0 spiro atoms. The van der Waals surface area contributed by atoms with Gasteiger partial charge in [0.05, 0.1) is 38.8 Å². The average molecular weight is 1250 g/mol. The van der Waals surface area contributed by atoms with Crippen molar-refractivity contribution >= 4 is 82.9 Å². The van der Waals surface area contributed by atoms with Crippen molar-refractivity contribution in [2.24, 2.45) is 38.8 Å². The van der Waals surface area contributed by atoms with Gasteiger partial charge in [0.1, 0.15) is 47.8 Å². The summed E-state index contributed by atoms with van der Waals surface area (Å²) in [4.78, 5) is 169. The van der Waals surface area contributed by atoms with Gasteiger partial charge >= 0.3 is 5.97 Å². The minimum Gasteiger partial charge on any atom is -0.508 e. The first-order valence-corrected chi connectivity index (χ1v) is 28.8. The maximum Gasteiger partial charge on any atom is 0.325 e.